The lowest BCUT2D eigenvalue weighted by Crippen LogP contribution is -2.29. The predicted molar refractivity (Wildman–Crippen MR) is 121 cm³/mol. The van der Waals surface area contributed by atoms with Gasteiger partial charge in [-0.25, -0.2) is 14.8 Å². The van der Waals surface area contributed by atoms with Gasteiger partial charge in [0.2, 0.25) is 0 Å². The van der Waals surface area contributed by atoms with Crippen molar-refractivity contribution < 1.29 is 5.11 Å². The normalized spacial score (nSPS) is 19.2. The molecule has 1 fully saturated rings. The van der Waals surface area contributed by atoms with Crippen molar-refractivity contribution in [2.24, 2.45) is 7.05 Å². The molecule has 4 heterocycles. The fraction of sp³-hybridized carbons (Fsp3) is 0.391. The van der Waals surface area contributed by atoms with Crippen LogP contribution in [-0.2, 0) is 7.05 Å². The molecule has 4 aromatic heterocycles. The first-order valence-electron chi connectivity index (χ1n) is 10.6. The molecular formula is C23H26N6O2. The fourth-order valence-corrected chi connectivity index (χ4v) is 4.50. The Kier molecular flexibility index (Phi) is 4.74. The zero-order chi connectivity index (χ0) is 21.7. The largest absolute Gasteiger partial charge is 0.393 e. The van der Waals surface area contributed by atoms with E-state index in [1.165, 1.54) is 0 Å². The number of anilines is 1. The highest BCUT2D eigenvalue weighted by Gasteiger charge is 2.26. The van der Waals surface area contributed by atoms with Gasteiger partial charge < -0.3 is 10.0 Å². The van der Waals surface area contributed by atoms with Crippen LogP contribution in [0.5, 0.6) is 0 Å². The second-order valence-corrected chi connectivity index (χ2v) is 8.53. The molecule has 0 amide bonds. The molecular weight excluding hydrogens is 392 g/mol. The van der Waals surface area contributed by atoms with E-state index in [0.29, 0.717) is 12.8 Å². The van der Waals surface area contributed by atoms with Crippen LogP contribution < -0.4 is 10.6 Å². The van der Waals surface area contributed by atoms with Gasteiger partial charge in [-0.3, -0.25) is 14.1 Å². The van der Waals surface area contributed by atoms with Gasteiger partial charge in [0, 0.05) is 38.9 Å². The lowest BCUT2D eigenvalue weighted by atomic mass is 9.93. The van der Waals surface area contributed by atoms with Crippen molar-refractivity contribution in [3.05, 3.63) is 47.1 Å². The van der Waals surface area contributed by atoms with Gasteiger partial charge in [-0.15, -0.1) is 0 Å². The molecule has 8 heteroatoms. The Balaban J connectivity index is 1.70. The van der Waals surface area contributed by atoms with Crippen molar-refractivity contribution in [3.63, 3.8) is 0 Å². The molecule has 160 valence electrons. The average Bonchev–Trinajstić information content (AvgIpc) is 3.05. The van der Waals surface area contributed by atoms with Crippen LogP contribution >= 0.6 is 0 Å². The van der Waals surface area contributed by atoms with E-state index in [0.717, 1.165) is 52.0 Å². The Morgan fingerprint density at radius 3 is 2.48 bits per heavy atom. The summed E-state index contributed by atoms with van der Waals surface area (Å²) in [6.45, 7) is 0. The van der Waals surface area contributed by atoms with Gasteiger partial charge in [0.1, 0.15) is 11.3 Å². The number of fused-ring (bicyclic) bond motifs is 3. The molecule has 0 radical (unpaired) electrons. The third-order valence-electron chi connectivity index (χ3n) is 6.30. The smallest absolute Gasteiger partial charge is 0.329 e. The lowest BCUT2D eigenvalue weighted by Gasteiger charge is -2.26. The number of aliphatic hydroxyl groups is 1. The predicted octanol–water partition coefficient (Wildman–Crippen LogP) is 2.89. The summed E-state index contributed by atoms with van der Waals surface area (Å²) in [5, 5.41) is 9.93. The minimum absolute atomic E-state index is 0.0525. The van der Waals surface area contributed by atoms with Crippen molar-refractivity contribution in [1.82, 2.24) is 24.1 Å². The summed E-state index contributed by atoms with van der Waals surface area (Å²) in [7, 11) is 5.69. The number of pyridine rings is 3. The van der Waals surface area contributed by atoms with Crippen LogP contribution in [0.1, 0.15) is 31.7 Å². The Morgan fingerprint density at radius 2 is 1.81 bits per heavy atom. The Morgan fingerprint density at radius 1 is 1.03 bits per heavy atom. The molecule has 31 heavy (non-hydrogen) atoms. The maximum atomic E-state index is 13.2. The minimum atomic E-state index is -0.275. The van der Waals surface area contributed by atoms with Crippen molar-refractivity contribution in [2.45, 2.75) is 37.8 Å². The molecule has 8 nitrogen and oxygen atoms in total. The van der Waals surface area contributed by atoms with Crippen LogP contribution in [0.15, 0.2) is 41.5 Å². The van der Waals surface area contributed by atoms with E-state index in [2.05, 4.69) is 9.97 Å². The molecule has 0 aliphatic heterocycles. The van der Waals surface area contributed by atoms with Gasteiger partial charge in [-0.1, -0.05) is 0 Å². The van der Waals surface area contributed by atoms with Gasteiger partial charge in [0.15, 0.2) is 0 Å². The molecule has 0 aromatic carbocycles. The van der Waals surface area contributed by atoms with Gasteiger partial charge in [-0.05, 0) is 49.9 Å². The molecule has 4 aromatic rings. The van der Waals surface area contributed by atoms with E-state index in [-0.39, 0.29) is 17.8 Å². The van der Waals surface area contributed by atoms with Gasteiger partial charge in [-0.2, -0.15) is 0 Å². The topological polar surface area (TPSA) is 89.1 Å². The van der Waals surface area contributed by atoms with Crippen LogP contribution in [0.3, 0.4) is 0 Å². The maximum Gasteiger partial charge on any atom is 0.329 e. The van der Waals surface area contributed by atoms with Gasteiger partial charge >= 0.3 is 5.69 Å². The van der Waals surface area contributed by atoms with E-state index in [1.54, 1.807) is 17.8 Å². The SMILES string of the molecule is CN(C)c1ccc(-c2ccc3ncc4c(c3n2)n(C2CCC(O)CC2)c(=O)n4C)cn1. The molecule has 0 atom stereocenters. The first-order chi connectivity index (χ1) is 14.9. The number of imidazole rings is 1. The average molecular weight is 419 g/mol. The van der Waals surface area contributed by atoms with Crippen LogP contribution in [-0.4, -0.2) is 49.4 Å². The molecule has 0 saturated heterocycles. The molecule has 5 rings (SSSR count). The molecule has 1 aliphatic rings. The third kappa shape index (κ3) is 3.27. The van der Waals surface area contributed by atoms with Crippen LogP contribution in [0.25, 0.3) is 33.3 Å². The number of rotatable bonds is 3. The molecule has 1 saturated carbocycles. The number of aryl methyl sites for hydroxylation is 1. The Bertz CT molecular complexity index is 1310. The van der Waals surface area contributed by atoms with Crippen LogP contribution in [0, 0.1) is 0 Å². The summed E-state index contributed by atoms with van der Waals surface area (Å²) in [6, 6.07) is 7.91. The molecule has 0 unspecified atom stereocenters. The molecule has 0 bridgehead atoms. The highest BCUT2D eigenvalue weighted by Crippen LogP contribution is 2.33. The highest BCUT2D eigenvalue weighted by molar-refractivity contribution is 6.00. The third-order valence-corrected chi connectivity index (χ3v) is 6.30. The van der Waals surface area contributed by atoms with E-state index in [1.807, 2.05) is 54.0 Å². The highest BCUT2D eigenvalue weighted by atomic mass is 16.3. The first-order valence-corrected chi connectivity index (χ1v) is 10.6. The molecule has 1 N–H and O–H groups in total. The summed E-state index contributed by atoms with van der Waals surface area (Å²) in [5.74, 6) is 0.880. The maximum absolute atomic E-state index is 13.2. The second kappa shape index (κ2) is 7.46. The van der Waals surface area contributed by atoms with Gasteiger partial charge in [0.25, 0.3) is 0 Å². The Labute approximate surface area is 179 Å². The first kappa shape index (κ1) is 19.7. The number of aromatic nitrogens is 5. The fourth-order valence-electron chi connectivity index (χ4n) is 4.50. The quantitative estimate of drug-likeness (QED) is 0.550. The molecule has 0 spiro atoms. The standard InChI is InChI=1S/C23H26N6O2/c1-27(2)20-11-4-14(12-25-20)17-9-10-18-21(26-17)22-19(13-24-18)28(3)23(31)29(22)15-5-7-16(30)8-6-15/h4,9-13,15-16,30H,5-8H2,1-3H3. The summed E-state index contributed by atoms with van der Waals surface area (Å²) in [6.07, 6.45) is 6.26. The lowest BCUT2D eigenvalue weighted by molar-refractivity contribution is 0.111. The zero-order valence-corrected chi connectivity index (χ0v) is 18.0. The van der Waals surface area contributed by atoms with Crippen LogP contribution in [0.4, 0.5) is 5.82 Å². The second-order valence-electron chi connectivity index (χ2n) is 8.53. The monoisotopic (exact) mass is 418 g/mol. The zero-order valence-electron chi connectivity index (χ0n) is 18.0. The number of hydrogen-bond acceptors (Lipinski definition) is 6. The number of hydrogen-bond donors (Lipinski definition) is 1. The van der Waals surface area contributed by atoms with Crippen LogP contribution in [0.2, 0.25) is 0 Å². The van der Waals surface area contributed by atoms with Gasteiger partial charge in [0.05, 0.1) is 34.5 Å². The summed E-state index contributed by atoms with van der Waals surface area (Å²) >= 11 is 0. The van der Waals surface area contributed by atoms with Crippen molar-refractivity contribution in [1.29, 1.82) is 0 Å². The summed E-state index contributed by atoms with van der Waals surface area (Å²) < 4.78 is 3.52. The van der Waals surface area contributed by atoms with E-state index >= 15 is 0 Å². The molecule has 1 aliphatic carbocycles. The van der Waals surface area contributed by atoms with Crippen molar-refractivity contribution in [2.75, 3.05) is 19.0 Å². The minimum Gasteiger partial charge on any atom is -0.393 e. The Hall–Kier alpha value is -3.26. The van der Waals surface area contributed by atoms with E-state index in [9.17, 15) is 9.90 Å². The van der Waals surface area contributed by atoms with E-state index in [4.69, 9.17) is 4.98 Å². The summed E-state index contributed by atoms with van der Waals surface area (Å²) in [5.41, 5.74) is 4.71. The van der Waals surface area contributed by atoms with Crippen molar-refractivity contribution >= 4 is 27.9 Å². The van der Waals surface area contributed by atoms with E-state index < -0.39 is 0 Å². The number of nitrogens with zero attached hydrogens (tertiary/aromatic N) is 6. The van der Waals surface area contributed by atoms with Crippen molar-refractivity contribution in [3.8, 4) is 11.3 Å². The summed E-state index contributed by atoms with van der Waals surface area (Å²) in [4.78, 5) is 29.1. The number of aliphatic hydroxyl groups excluding tert-OH is 1.